The van der Waals surface area contributed by atoms with Crippen LogP contribution in [0.1, 0.15) is 24.5 Å². The number of hydrogen-bond donors (Lipinski definition) is 3. The first-order valence-electron chi connectivity index (χ1n) is 7.85. The molecule has 0 amide bonds. The van der Waals surface area contributed by atoms with E-state index in [9.17, 15) is 15.0 Å². The Balaban J connectivity index is 2.25. The molecule has 3 N–H and O–H groups in total. The Morgan fingerprint density at radius 3 is 2.54 bits per heavy atom. The maximum Gasteiger partial charge on any atom is 0.327 e. The zero-order chi connectivity index (χ0) is 19.1. The molecule has 2 aromatic rings. The molecule has 0 saturated carbocycles. The lowest BCUT2D eigenvalue weighted by atomic mass is 9.99. The van der Waals surface area contributed by atoms with Crippen molar-refractivity contribution in [3.05, 3.63) is 69.1 Å². The summed E-state index contributed by atoms with van der Waals surface area (Å²) in [7, 11) is 0. The van der Waals surface area contributed by atoms with E-state index in [1.807, 2.05) is 18.2 Å². The van der Waals surface area contributed by atoms with Crippen molar-refractivity contribution in [2.45, 2.75) is 25.0 Å². The number of carbonyl (C=O) groups is 1. The minimum Gasteiger partial charge on any atom is -0.506 e. The lowest BCUT2D eigenvalue weighted by Gasteiger charge is -2.25. The molecule has 0 unspecified atom stereocenters. The highest BCUT2D eigenvalue weighted by atomic mass is 79.9. The first-order chi connectivity index (χ1) is 12.4. The number of benzene rings is 2. The summed E-state index contributed by atoms with van der Waals surface area (Å²) in [6.07, 6.45) is 1.54. The molecule has 7 heteroatoms. The number of allylic oxidation sites excluding steroid dienone is 1. The van der Waals surface area contributed by atoms with Crippen LogP contribution in [0.2, 0.25) is 0 Å². The standard InChI is InChI=1S/C19H18Br2O5/c20-12-10-14(18(24)15(21)11-12)19(25)16(8-4-5-9-17(22)23)26-13-6-2-1-3-7-13/h1-3,5-7,9-11,16,19,24-25H,4,8H2,(H,22,23)/b9-5+/t16-,19-/m0/s1. The van der Waals surface area contributed by atoms with Gasteiger partial charge < -0.3 is 20.1 Å². The van der Waals surface area contributed by atoms with Crippen LogP contribution in [0.3, 0.4) is 0 Å². The fraction of sp³-hybridized carbons (Fsp3) is 0.211. The van der Waals surface area contributed by atoms with Gasteiger partial charge in [0.15, 0.2) is 0 Å². The van der Waals surface area contributed by atoms with Crippen molar-refractivity contribution in [2.24, 2.45) is 0 Å². The van der Waals surface area contributed by atoms with Gasteiger partial charge >= 0.3 is 5.97 Å². The van der Waals surface area contributed by atoms with E-state index in [2.05, 4.69) is 31.9 Å². The SMILES string of the molecule is O=C(O)/C=C/CC[C@H](Oc1ccccc1)[C@@H](O)c1cc(Br)cc(Br)c1O. The van der Waals surface area contributed by atoms with Gasteiger partial charge in [0.2, 0.25) is 0 Å². The van der Waals surface area contributed by atoms with Gasteiger partial charge in [0, 0.05) is 16.1 Å². The van der Waals surface area contributed by atoms with E-state index in [1.54, 1.807) is 24.3 Å². The topological polar surface area (TPSA) is 87.0 Å². The van der Waals surface area contributed by atoms with Crippen LogP contribution in [0, 0.1) is 0 Å². The summed E-state index contributed by atoms with van der Waals surface area (Å²) in [5.41, 5.74) is 0.314. The van der Waals surface area contributed by atoms with Crippen LogP contribution < -0.4 is 4.74 Å². The number of ether oxygens (including phenoxy) is 1. The number of para-hydroxylation sites is 1. The zero-order valence-electron chi connectivity index (χ0n) is 13.7. The van der Waals surface area contributed by atoms with E-state index in [4.69, 9.17) is 9.84 Å². The maximum absolute atomic E-state index is 10.8. The van der Waals surface area contributed by atoms with Gasteiger partial charge in [-0.25, -0.2) is 4.79 Å². The van der Waals surface area contributed by atoms with Gasteiger partial charge in [0.05, 0.1) is 4.47 Å². The normalized spacial score (nSPS) is 13.5. The molecular weight excluding hydrogens is 468 g/mol. The quantitative estimate of drug-likeness (QED) is 0.466. The van der Waals surface area contributed by atoms with E-state index in [0.717, 1.165) is 6.08 Å². The molecule has 0 fully saturated rings. The molecule has 0 bridgehead atoms. The molecule has 0 aliphatic heterocycles. The van der Waals surface area contributed by atoms with Gasteiger partial charge in [-0.1, -0.05) is 40.2 Å². The molecule has 26 heavy (non-hydrogen) atoms. The third-order valence-corrected chi connectivity index (χ3v) is 4.70. The van der Waals surface area contributed by atoms with Crippen molar-refractivity contribution >= 4 is 37.8 Å². The number of carboxylic acid groups (broad SMARTS) is 1. The molecule has 0 saturated heterocycles. The Bertz CT molecular complexity index is 777. The van der Waals surface area contributed by atoms with Crippen LogP contribution in [0.5, 0.6) is 11.5 Å². The van der Waals surface area contributed by atoms with E-state index < -0.39 is 18.2 Å². The van der Waals surface area contributed by atoms with Crippen LogP contribution in [0.4, 0.5) is 0 Å². The molecule has 138 valence electrons. The number of carboxylic acids is 1. The van der Waals surface area contributed by atoms with Gasteiger partial charge in [-0.2, -0.15) is 0 Å². The summed E-state index contributed by atoms with van der Waals surface area (Å²) in [6.45, 7) is 0. The molecule has 0 aliphatic carbocycles. The van der Waals surface area contributed by atoms with Crippen LogP contribution >= 0.6 is 31.9 Å². The number of aliphatic hydroxyl groups excluding tert-OH is 1. The van der Waals surface area contributed by atoms with Crippen molar-refractivity contribution < 1.29 is 24.9 Å². The average Bonchev–Trinajstić information content (AvgIpc) is 2.60. The molecule has 0 radical (unpaired) electrons. The van der Waals surface area contributed by atoms with Gasteiger partial charge in [0.25, 0.3) is 0 Å². The number of halogens is 2. The Hall–Kier alpha value is -1.83. The zero-order valence-corrected chi connectivity index (χ0v) is 16.9. The molecule has 0 aliphatic rings. The van der Waals surface area contributed by atoms with Crippen LogP contribution in [0.15, 0.2) is 63.6 Å². The number of phenolic OH excluding ortho intramolecular Hbond substituents is 1. The van der Waals surface area contributed by atoms with Crippen molar-refractivity contribution in [1.29, 1.82) is 0 Å². The largest absolute Gasteiger partial charge is 0.506 e. The summed E-state index contributed by atoms with van der Waals surface area (Å²) >= 11 is 6.59. The van der Waals surface area contributed by atoms with Crippen molar-refractivity contribution in [3.63, 3.8) is 0 Å². The number of aliphatic hydroxyl groups is 1. The monoisotopic (exact) mass is 484 g/mol. The third-order valence-electron chi connectivity index (χ3n) is 3.64. The number of phenols is 1. The Morgan fingerprint density at radius 1 is 1.19 bits per heavy atom. The smallest absolute Gasteiger partial charge is 0.327 e. The minimum absolute atomic E-state index is 0.0663. The fourth-order valence-electron chi connectivity index (χ4n) is 2.41. The molecule has 2 aromatic carbocycles. The summed E-state index contributed by atoms with van der Waals surface area (Å²) in [5.74, 6) is -0.518. The molecule has 2 rings (SSSR count). The first-order valence-corrected chi connectivity index (χ1v) is 9.44. The molecule has 0 aromatic heterocycles. The number of rotatable bonds is 8. The lowest BCUT2D eigenvalue weighted by Crippen LogP contribution is -2.25. The molecule has 0 heterocycles. The first kappa shape index (κ1) is 20.5. The second kappa shape index (κ2) is 9.75. The summed E-state index contributed by atoms with van der Waals surface area (Å²) in [6, 6.07) is 12.3. The van der Waals surface area contributed by atoms with Crippen molar-refractivity contribution in [1.82, 2.24) is 0 Å². The summed E-state index contributed by atoms with van der Waals surface area (Å²) in [4.78, 5) is 10.6. The average molecular weight is 486 g/mol. The highest BCUT2D eigenvalue weighted by Gasteiger charge is 2.26. The summed E-state index contributed by atoms with van der Waals surface area (Å²) < 4.78 is 7.04. The van der Waals surface area contributed by atoms with E-state index >= 15 is 0 Å². The second-order valence-electron chi connectivity index (χ2n) is 5.56. The van der Waals surface area contributed by atoms with Gasteiger partial charge in [-0.15, -0.1) is 0 Å². The van der Waals surface area contributed by atoms with Crippen LogP contribution in [-0.2, 0) is 4.79 Å². The Morgan fingerprint density at radius 2 is 1.88 bits per heavy atom. The summed E-state index contributed by atoms with van der Waals surface area (Å²) in [5, 5.41) is 29.8. The van der Waals surface area contributed by atoms with Gasteiger partial charge in [-0.3, -0.25) is 0 Å². The third kappa shape index (κ3) is 5.86. The van der Waals surface area contributed by atoms with Gasteiger partial charge in [0.1, 0.15) is 23.7 Å². The van der Waals surface area contributed by atoms with Gasteiger partial charge in [-0.05, 0) is 53.0 Å². The van der Waals surface area contributed by atoms with E-state index in [1.165, 1.54) is 6.08 Å². The minimum atomic E-state index is -1.11. The highest BCUT2D eigenvalue weighted by Crippen LogP contribution is 2.37. The van der Waals surface area contributed by atoms with Crippen molar-refractivity contribution in [2.75, 3.05) is 0 Å². The predicted molar refractivity (Wildman–Crippen MR) is 105 cm³/mol. The maximum atomic E-state index is 10.8. The molecule has 5 nitrogen and oxygen atoms in total. The Labute approximate surface area is 168 Å². The molecular formula is C19H18Br2O5. The molecule has 0 spiro atoms. The molecule has 2 atom stereocenters. The number of hydrogen-bond acceptors (Lipinski definition) is 4. The number of aromatic hydroxyl groups is 1. The second-order valence-corrected chi connectivity index (χ2v) is 7.33. The lowest BCUT2D eigenvalue weighted by molar-refractivity contribution is -0.131. The van der Waals surface area contributed by atoms with E-state index in [-0.39, 0.29) is 5.75 Å². The predicted octanol–water partition coefficient (Wildman–Crippen LogP) is 4.82. The fourth-order valence-corrected chi connectivity index (χ4v) is 3.67. The van der Waals surface area contributed by atoms with E-state index in [0.29, 0.717) is 33.1 Å². The number of aliphatic carboxylic acids is 1. The Kier molecular flexibility index (Phi) is 7.68. The highest BCUT2D eigenvalue weighted by molar-refractivity contribution is 9.11. The van der Waals surface area contributed by atoms with Crippen molar-refractivity contribution in [3.8, 4) is 11.5 Å². The van der Waals surface area contributed by atoms with Crippen LogP contribution in [-0.4, -0.2) is 27.4 Å². The van der Waals surface area contributed by atoms with Crippen LogP contribution in [0.25, 0.3) is 0 Å².